The summed E-state index contributed by atoms with van der Waals surface area (Å²) >= 11 is 0. The summed E-state index contributed by atoms with van der Waals surface area (Å²) in [4.78, 5) is 2.11. The number of anilines is 1. The topological polar surface area (TPSA) is 29.3 Å². The molecule has 2 N–H and O–H groups in total. The van der Waals surface area contributed by atoms with Gasteiger partial charge in [-0.15, -0.1) is 0 Å². The van der Waals surface area contributed by atoms with E-state index in [1.165, 1.54) is 25.7 Å². The van der Waals surface area contributed by atoms with Crippen LogP contribution in [-0.2, 0) is 6.42 Å². The lowest BCUT2D eigenvalue weighted by Crippen LogP contribution is -2.29. The third-order valence-electron chi connectivity index (χ3n) is 5.37. The minimum atomic E-state index is -0.112. The molecule has 2 aliphatic carbocycles. The van der Waals surface area contributed by atoms with E-state index in [0.717, 1.165) is 42.0 Å². The highest BCUT2D eigenvalue weighted by Gasteiger charge is 2.39. The van der Waals surface area contributed by atoms with E-state index in [1.54, 1.807) is 6.07 Å². The van der Waals surface area contributed by atoms with Gasteiger partial charge in [0.1, 0.15) is 5.82 Å². The van der Waals surface area contributed by atoms with E-state index in [4.69, 9.17) is 5.73 Å². The number of halogens is 1. The summed E-state index contributed by atoms with van der Waals surface area (Å²) in [5, 5.41) is 0. The first-order chi connectivity index (χ1) is 10.0. The van der Waals surface area contributed by atoms with E-state index in [-0.39, 0.29) is 11.9 Å². The van der Waals surface area contributed by atoms with E-state index in [1.807, 2.05) is 26.1 Å². The fourth-order valence-electron chi connectivity index (χ4n) is 4.41. The van der Waals surface area contributed by atoms with Crippen LogP contribution >= 0.6 is 0 Å². The van der Waals surface area contributed by atoms with Crippen molar-refractivity contribution < 1.29 is 4.39 Å². The zero-order chi connectivity index (χ0) is 15.0. The highest BCUT2D eigenvalue weighted by atomic mass is 19.1. The lowest BCUT2D eigenvalue weighted by atomic mass is 9.88. The molecule has 2 saturated carbocycles. The van der Waals surface area contributed by atoms with Gasteiger partial charge in [0.2, 0.25) is 0 Å². The van der Waals surface area contributed by atoms with Crippen molar-refractivity contribution in [3.63, 3.8) is 0 Å². The summed E-state index contributed by atoms with van der Waals surface area (Å²) in [5.74, 6) is 2.49. The molecule has 1 aromatic rings. The summed E-state index contributed by atoms with van der Waals surface area (Å²) in [7, 11) is 2.02. The molecule has 0 saturated heterocycles. The fraction of sp³-hybridized carbons (Fsp3) is 0.667. The number of fused-ring (bicyclic) bond motifs is 2. The molecule has 2 bridgehead atoms. The maximum absolute atomic E-state index is 14.3. The number of nitrogens with two attached hydrogens (primary N) is 1. The molecular formula is C18H27FN2. The van der Waals surface area contributed by atoms with Gasteiger partial charge < -0.3 is 10.6 Å². The molecule has 0 heterocycles. The Hall–Kier alpha value is -1.09. The van der Waals surface area contributed by atoms with Gasteiger partial charge in [-0.25, -0.2) is 4.39 Å². The minimum absolute atomic E-state index is 0.0713. The van der Waals surface area contributed by atoms with Crippen LogP contribution in [0.4, 0.5) is 10.1 Å². The molecule has 0 aliphatic heterocycles. The molecule has 2 nitrogen and oxygen atoms in total. The first-order valence-corrected chi connectivity index (χ1v) is 8.28. The summed E-state index contributed by atoms with van der Waals surface area (Å²) in [6.45, 7) is 2.94. The Labute approximate surface area is 127 Å². The van der Waals surface area contributed by atoms with Gasteiger partial charge >= 0.3 is 0 Å². The van der Waals surface area contributed by atoms with Crippen molar-refractivity contribution in [1.29, 1.82) is 0 Å². The molecule has 4 unspecified atom stereocenters. The van der Waals surface area contributed by atoms with Gasteiger partial charge in [0.05, 0.1) is 5.69 Å². The van der Waals surface area contributed by atoms with Crippen molar-refractivity contribution in [2.75, 3.05) is 18.5 Å². The lowest BCUT2D eigenvalue weighted by molar-refractivity contribution is 0.337. The highest BCUT2D eigenvalue weighted by molar-refractivity contribution is 5.48. The largest absolute Gasteiger partial charge is 0.372 e. The molecule has 0 radical (unpaired) electrons. The van der Waals surface area contributed by atoms with E-state index in [9.17, 15) is 4.39 Å². The number of hydrogen-bond acceptors (Lipinski definition) is 2. The maximum Gasteiger partial charge on any atom is 0.146 e. The van der Waals surface area contributed by atoms with Crippen LogP contribution < -0.4 is 10.6 Å². The van der Waals surface area contributed by atoms with Crippen molar-refractivity contribution in [2.24, 2.45) is 23.5 Å². The maximum atomic E-state index is 14.3. The SMILES string of the molecule is CC(N)Cc1ccc(N(C)CC2CC3CCC2C3)c(F)c1. The van der Waals surface area contributed by atoms with Gasteiger partial charge in [-0.3, -0.25) is 0 Å². The standard InChI is InChI=1S/C18H27FN2/c1-12(20)7-13-4-6-18(17(19)10-13)21(2)11-16-9-14-3-5-15(16)8-14/h4,6,10,12,14-16H,3,5,7-9,11,20H2,1-2H3. The van der Waals surface area contributed by atoms with Gasteiger partial charge in [0.15, 0.2) is 0 Å². The van der Waals surface area contributed by atoms with Crippen molar-refractivity contribution in [3.8, 4) is 0 Å². The van der Waals surface area contributed by atoms with Crippen molar-refractivity contribution in [1.82, 2.24) is 0 Å². The van der Waals surface area contributed by atoms with Gasteiger partial charge in [-0.1, -0.05) is 12.5 Å². The summed E-state index contributed by atoms with van der Waals surface area (Å²) < 4.78 is 14.3. The second-order valence-corrected chi connectivity index (χ2v) is 7.28. The molecule has 3 heteroatoms. The van der Waals surface area contributed by atoms with Gasteiger partial charge in [-0.05, 0) is 68.1 Å². The normalized spacial score (nSPS) is 28.9. The van der Waals surface area contributed by atoms with Crippen LogP contribution in [0.2, 0.25) is 0 Å². The summed E-state index contributed by atoms with van der Waals surface area (Å²) in [6.07, 6.45) is 6.30. The highest BCUT2D eigenvalue weighted by Crippen LogP contribution is 2.48. The van der Waals surface area contributed by atoms with E-state index < -0.39 is 0 Å². The van der Waals surface area contributed by atoms with Crippen molar-refractivity contribution in [3.05, 3.63) is 29.6 Å². The average molecular weight is 290 g/mol. The minimum Gasteiger partial charge on any atom is -0.372 e. The van der Waals surface area contributed by atoms with Gasteiger partial charge in [0.25, 0.3) is 0 Å². The molecule has 0 spiro atoms. The number of rotatable bonds is 5. The monoisotopic (exact) mass is 290 g/mol. The van der Waals surface area contributed by atoms with Crippen molar-refractivity contribution >= 4 is 5.69 Å². The quantitative estimate of drug-likeness (QED) is 0.898. The molecule has 21 heavy (non-hydrogen) atoms. The zero-order valence-corrected chi connectivity index (χ0v) is 13.2. The molecule has 0 amide bonds. The van der Waals surface area contributed by atoms with Gasteiger partial charge in [-0.2, -0.15) is 0 Å². The Morgan fingerprint density at radius 2 is 2.14 bits per heavy atom. The lowest BCUT2D eigenvalue weighted by Gasteiger charge is -2.29. The predicted molar refractivity (Wildman–Crippen MR) is 86.0 cm³/mol. The molecule has 0 aromatic heterocycles. The Balaban J connectivity index is 1.65. The fourth-order valence-corrected chi connectivity index (χ4v) is 4.41. The smallest absolute Gasteiger partial charge is 0.146 e. The molecule has 3 rings (SSSR count). The van der Waals surface area contributed by atoms with Gasteiger partial charge in [0, 0.05) is 19.6 Å². The molecule has 2 fully saturated rings. The Bertz CT molecular complexity index is 500. The second kappa shape index (κ2) is 5.96. The Morgan fingerprint density at radius 1 is 1.33 bits per heavy atom. The number of hydrogen-bond donors (Lipinski definition) is 1. The first-order valence-electron chi connectivity index (χ1n) is 8.28. The van der Waals surface area contributed by atoms with Crippen LogP contribution in [0.25, 0.3) is 0 Å². The second-order valence-electron chi connectivity index (χ2n) is 7.28. The van der Waals surface area contributed by atoms with Crippen LogP contribution in [0.5, 0.6) is 0 Å². The summed E-state index contributed by atoms with van der Waals surface area (Å²) in [6, 6.07) is 5.65. The van der Waals surface area contributed by atoms with Crippen LogP contribution in [0, 0.1) is 23.6 Å². The van der Waals surface area contributed by atoms with Crippen LogP contribution in [-0.4, -0.2) is 19.6 Å². The predicted octanol–water partition coefficient (Wildman–Crippen LogP) is 3.59. The van der Waals surface area contributed by atoms with Crippen LogP contribution in [0.3, 0.4) is 0 Å². The summed E-state index contributed by atoms with van der Waals surface area (Å²) in [5.41, 5.74) is 7.50. The molecule has 2 aliphatic rings. The number of benzene rings is 1. The third kappa shape index (κ3) is 3.23. The molecule has 116 valence electrons. The first kappa shape index (κ1) is 14.8. The zero-order valence-electron chi connectivity index (χ0n) is 13.2. The Morgan fingerprint density at radius 3 is 2.71 bits per heavy atom. The van der Waals surface area contributed by atoms with E-state index in [2.05, 4.69) is 4.90 Å². The molecule has 4 atom stereocenters. The third-order valence-corrected chi connectivity index (χ3v) is 5.37. The van der Waals surface area contributed by atoms with E-state index in [0.29, 0.717) is 0 Å². The Kier molecular flexibility index (Phi) is 4.21. The molecular weight excluding hydrogens is 263 g/mol. The van der Waals surface area contributed by atoms with E-state index >= 15 is 0 Å². The van der Waals surface area contributed by atoms with Crippen LogP contribution in [0.1, 0.15) is 38.2 Å². The molecule has 1 aromatic carbocycles. The van der Waals surface area contributed by atoms with Crippen molar-refractivity contribution in [2.45, 2.75) is 45.1 Å². The average Bonchev–Trinajstić information content (AvgIpc) is 3.00. The number of nitrogens with zero attached hydrogens (tertiary/aromatic N) is 1. The van der Waals surface area contributed by atoms with Crippen LogP contribution in [0.15, 0.2) is 18.2 Å².